The van der Waals surface area contributed by atoms with Crippen molar-refractivity contribution in [1.29, 1.82) is 0 Å². The van der Waals surface area contributed by atoms with Crippen LogP contribution in [0.2, 0.25) is 0 Å². The molecule has 2 aromatic heterocycles. The van der Waals surface area contributed by atoms with E-state index in [4.69, 9.17) is 5.73 Å². The van der Waals surface area contributed by atoms with E-state index in [-0.39, 0.29) is 0 Å². The lowest BCUT2D eigenvalue weighted by atomic mass is 10.2. The Hall–Kier alpha value is -1.91. The maximum atomic E-state index is 13.1. The Labute approximate surface area is 73.6 Å². The van der Waals surface area contributed by atoms with Gasteiger partial charge in [0.25, 0.3) is 0 Å². The van der Waals surface area contributed by atoms with Gasteiger partial charge >= 0.3 is 0 Å². The first-order valence-corrected chi connectivity index (χ1v) is 3.69. The van der Waals surface area contributed by atoms with Crippen molar-refractivity contribution in [3.63, 3.8) is 0 Å². The van der Waals surface area contributed by atoms with Crippen LogP contribution in [0.25, 0.3) is 11.3 Å². The Morgan fingerprint density at radius 2 is 2.31 bits per heavy atom. The summed E-state index contributed by atoms with van der Waals surface area (Å²) in [5.74, 6) is -0.557. The van der Waals surface area contributed by atoms with E-state index in [0.29, 0.717) is 16.9 Å². The van der Waals surface area contributed by atoms with E-state index in [0.717, 1.165) is 0 Å². The van der Waals surface area contributed by atoms with Crippen LogP contribution in [0.3, 0.4) is 0 Å². The van der Waals surface area contributed by atoms with Crippen molar-refractivity contribution in [2.24, 2.45) is 0 Å². The number of hydrogen-bond donors (Lipinski definition) is 2. The summed E-state index contributed by atoms with van der Waals surface area (Å²) < 4.78 is 13.1. The topological polar surface area (TPSA) is 67.6 Å². The molecule has 0 aliphatic carbocycles. The van der Waals surface area contributed by atoms with Gasteiger partial charge in [-0.25, -0.2) is 4.98 Å². The van der Waals surface area contributed by atoms with Gasteiger partial charge in [0.1, 0.15) is 0 Å². The number of H-pyrrole nitrogens is 1. The molecular formula is C8H7FN4. The van der Waals surface area contributed by atoms with E-state index < -0.39 is 5.95 Å². The molecule has 0 aliphatic heterocycles. The number of aromatic nitrogens is 3. The minimum absolute atomic E-state index is 0.331. The molecule has 4 nitrogen and oxygen atoms in total. The monoisotopic (exact) mass is 178 g/mol. The van der Waals surface area contributed by atoms with Crippen molar-refractivity contribution >= 4 is 5.69 Å². The van der Waals surface area contributed by atoms with Gasteiger partial charge in [-0.1, -0.05) is 0 Å². The molecule has 2 heterocycles. The summed E-state index contributed by atoms with van der Waals surface area (Å²) in [6, 6.07) is 3.23. The largest absolute Gasteiger partial charge is 0.396 e. The predicted octanol–water partition coefficient (Wildman–Crippen LogP) is 1.19. The third kappa shape index (κ3) is 1.24. The molecule has 66 valence electrons. The maximum absolute atomic E-state index is 13.1. The molecule has 2 rings (SSSR count). The first-order valence-electron chi connectivity index (χ1n) is 3.69. The van der Waals surface area contributed by atoms with E-state index in [1.807, 2.05) is 0 Å². The smallest absolute Gasteiger partial charge is 0.222 e. The van der Waals surface area contributed by atoms with Crippen molar-refractivity contribution in [1.82, 2.24) is 15.2 Å². The van der Waals surface area contributed by atoms with Crippen LogP contribution in [0.15, 0.2) is 24.5 Å². The van der Waals surface area contributed by atoms with Gasteiger partial charge in [-0.2, -0.15) is 9.49 Å². The molecular weight excluding hydrogens is 171 g/mol. The molecule has 2 aromatic rings. The highest BCUT2D eigenvalue weighted by Gasteiger charge is 2.09. The maximum Gasteiger partial charge on any atom is 0.222 e. The van der Waals surface area contributed by atoms with Crippen molar-refractivity contribution in [3.05, 3.63) is 30.5 Å². The number of halogens is 1. The molecule has 5 heteroatoms. The van der Waals surface area contributed by atoms with Gasteiger partial charge < -0.3 is 5.73 Å². The summed E-state index contributed by atoms with van der Waals surface area (Å²) in [6.07, 6.45) is 2.81. The van der Waals surface area contributed by atoms with Gasteiger partial charge in [-0.15, -0.1) is 0 Å². The average Bonchev–Trinajstić information content (AvgIpc) is 2.52. The van der Waals surface area contributed by atoms with E-state index >= 15 is 0 Å². The number of hydrogen-bond acceptors (Lipinski definition) is 3. The van der Waals surface area contributed by atoms with Gasteiger partial charge in [0.05, 0.1) is 23.1 Å². The Balaban J connectivity index is 2.59. The van der Waals surface area contributed by atoms with Gasteiger partial charge in [0.2, 0.25) is 5.95 Å². The molecule has 0 bridgehead atoms. The first-order chi connectivity index (χ1) is 6.29. The molecule has 0 spiro atoms. The lowest BCUT2D eigenvalue weighted by Gasteiger charge is -1.98. The normalized spacial score (nSPS) is 10.2. The number of nitrogens with two attached hydrogens (primary N) is 1. The Morgan fingerprint density at radius 1 is 1.46 bits per heavy atom. The third-order valence-corrected chi connectivity index (χ3v) is 1.70. The molecule has 3 N–H and O–H groups in total. The summed E-state index contributed by atoms with van der Waals surface area (Å²) in [5.41, 5.74) is 6.76. The standard InChI is InChI=1S/C8H7FN4/c9-8-5(2-1-3-11-8)7-6(10)4-12-13-7/h1-4H,10H2,(H,12,13). The van der Waals surface area contributed by atoms with Crippen molar-refractivity contribution in [2.75, 3.05) is 5.73 Å². The number of nitrogens with one attached hydrogen (secondary N) is 1. The fourth-order valence-electron chi connectivity index (χ4n) is 1.08. The highest BCUT2D eigenvalue weighted by molar-refractivity contribution is 5.71. The molecule has 0 radical (unpaired) electrons. The first kappa shape index (κ1) is 7.72. The zero-order valence-electron chi connectivity index (χ0n) is 6.66. The van der Waals surface area contributed by atoms with Gasteiger partial charge in [-0.05, 0) is 12.1 Å². The van der Waals surface area contributed by atoms with Crippen LogP contribution in [0.4, 0.5) is 10.1 Å². The second-order valence-electron chi connectivity index (χ2n) is 2.54. The SMILES string of the molecule is Nc1cn[nH]c1-c1cccnc1F. The van der Waals surface area contributed by atoms with Crippen molar-refractivity contribution in [3.8, 4) is 11.3 Å². The Kier molecular flexibility index (Phi) is 1.70. The highest BCUT2D eigenvalue weighted by Crippen LogP contribution is 2.23. The molecule has 0 saturated carbocycles. The summed E-state index contributed by atoms with van der Waals surface area (Å²) in [7, 11) is 0. The van der Waals surface area contributed by atoms with Gasteiger partial charge in [0.15, 0.2) is 0 Å². The second-order valence-corrected chi connectivity index (χ2v) is 2.54. The number of anilines is 1. The fraction of sp³-hybridized carbons (Fsp3) is 0. The van der Waals surface area contributed by atoms with E-state index in [1.54, 1.807) is 12.1 Å². The van der Waals surface area contributed by atoms with Gasteiger partial charge in [0, 0.05) is 6.20 Å². The van der Waals surface area contributed by atoms with Crippen LogP contribution in [-0.4, -0.2) is 15.2 Å². The van der Waals surface area contributed by atoms with Gasteiger partial charge in [-0.3, -0.25) is 5.10 Å². The van der Waals surface area contributed by atoms with E-state index in [9.17, 15) is 4.39 Å². The number of nitrogens with zero attached hydrogens (tertiary/aromatic N) is 2. The number of pyridine rings is 1. The van der Waals surface area contributed by atoms with E-state index in [2.05, 4.69) is 15.2 Å². The molecule has 13 heavy (non-hydrogen) atoms. The number of nitrogen functional groups attached to an aromatic ring is 1. The predicted molar refractivity (Wildman–Crippen MR) is 46.2 cm³/mol. The molecule has 0 atom stereocenters. The summed E-state index contributed by atoms with van der Waals surface area (Å²) in [4.78, 5) is 3.51. The fourth-order valence-corrected chi connectivity index (χ4v) is 1.08. The summed E-state index contributed by atoms with van der Waals surface area (Å²) in [6.45, 7) is 0. The van der Waals surface area contributed by atoms with Crippen LogP contribution in [0.5, 0.6) is 0 Å². The second kappa shape index (κ2) is 2.85. The third-order valence-electron chi connectivity index (χ3n) is 1.70. The lowest BCUT2D eigenvalue weighted by Crippen LogP contribution is -1.91. The zero-order chi connectivity index (χ0) is 9.26. The quantitative estimate of drug-likeness (QED) is 0.644. The minimum Gasteiger partial charge on any atom is -0.396 e. The lowest BCUT2D eigenvalue weighted by molar-refractivity contribution is 0.587. The van der Waals surface area contributed by atoms with Crippen LogP contribution in [0, 0.1) is 5.95 Å². The summed E-state index contributed by atoms with van der Waals surface area (Å²) in [5, 5.41) is 6.30. The Bertz CT molecular complexity index is 424. The minimum atomic E-state index is -0.557. The molecule has 0 aromatic carbocycles. The molecule has 0 aliphatic rings. The van der Waals surface area contributed by atoms with E-state index in [1.165, 1.54) is 12.4 Å². The van der Waals surface area contributed by atoms with Crippen molar-refractivity contribution in [2.45, 2.75) is 0 Å². The molecule has 0 amide bonds. The average molecular weight is 178 g/mol. The molecule has 0 fully saturated rings. The molecule has 0 saturated heterocycles. The van der Waals surface area contributed by atoms with Crippen LogP contribution in [0.1, 0.15) is 0 Å². The van der Waals surface area contributed by atoms with Crippen LogP contribution < -0.4 is 5.73 Å². The highest BCUT2D eigenvalue weighted by atomic mass is 19.1. The number of aromatic amines is 1. The zero-order valence-corrected chi connectivity index (χ0v) is 6.66. The molecule has 0 unspecified atom stereocenters. The number of rotatable bonds is 1. The van der Waals surface area contributed by atoms with Crippen molar-refractivity contribution < 1.29 is 4.39 Å². The summed E-state index contributed by atoms with van der Waals surface area (Å²) >= 11 is 0. The van der Waals surface area contributed by atoms with Crippen LogP contribution in [-0.2, 0) is 0 Å². The van der Waals surface area contributed by atoms with Crippen LogP contribution >= 0.6 is 0 Å². The Morgan fingerprint density at radius 3 is 2.92 bits per heavy atom.